The van der Waals surface area contributed by atoms with Crippen LogP contribution in [-0.4, -0.2) is 15.6 Å². The van der Waals surface area contributed by atoms with Gasteiger partial charge in [0.2, 0.25) is 0 Å². The van der Waals surface area contributed by atoms with E-state index in [1.807, 2.05) is 18.2 Å². The fraction of sp³-hybridized carbons (Fsp3) is 0.308. The first-order chi connectivity index (χ1) is 7.46. The molecule has 0 aliphatic carbocycles. The summed E-state index contributed by atoms with van der Waals surface area (Å²) in [5.74, 6) is 1.10. The molecule has 3 heteroatoms. The van der Waals surface area contributed by atoms with Gasteiger partial charge in [-0.05, 0) is 45.0 Å². The van der Waals surface area contributed by atoms with Crippen molar-refractivity contribution in [2.24, 2.45) is 0 Å². The molecule has 0 amide bonds. The van der Waals surface area contributed by atoms with Gasteiger partial charge < -0.3 is 10.4 Å². The lowest BCUT2D eigenvalue weighted by atomic mass is 10.1. The van der Waals surface area contributed by atoms with Crippen molar-refractivity contribution in [2.45, 2.75) is 26.3 Å². The van der Waals surface area contributed by atoms with Crippen LogP contribution in [0.25, 0.3) is 10.9 Å². The SMILES string of the molecule is CC(C)(C)Nc1ccc2c(O)cccc2n1. The monoisotopic (exact) mass is 216 g/mol. The summed E-state index contributed by atoms with van der Waals surface area (Å²) < 4.78 is 0. The molecule has 0 bridgehead atoms. The van der Waals surface area contributed by atoms with Gasteiger partial charge in [0, 0.05) is 10.9 Å². The Balaban J connectivity index is 2.45. The quantitative estimate of drug-likeness (QED) is 0.769. The number of aromatic nitrogens is 1. The Morgan fingerprint density at radius 2 is 1.88 bits per heavy atom. The second-order valence-corrected chi connectivity index (χ2v) is 4.92. The van der Waals surface area contributed by atoms with Gasteiger partial charge in [-0.15, -0.1) is 0 Å². The molecule has 84 valence electrons. The number of phenolic OH excluding ortho intramolecular Hbond substituents is 1. The van der Waals surface area contributed by atoms with Gasteiger partial charge in [0.15, 0.2) is 0 Å². The van der Waals surface area contributed by atoms with Gasteiger partial charge in [-0.3, -0.25) is 0 Å². The molecule has 2 rings (SSSR count). The standard InChI is InChI=1S/C13H16N2O/c1-13(2,3)15-12-8-7-9-10(14-12)5-4-6-11(9)16/h4-8,16H,1-3H3,(H,14,15). The highest BCUT2D eigenvalue weighted by atomic mass is 16.3. The number of hydrogen-bond donors (Lipinski definition) is 2. The van der Waals surface area contributed by atoms with E-state index in [4.69, 9.17) is 0 Å². The molecule has 0 fully saturated rings. The van der Waals surface area contributed by atoms with Crippen LogP contribution in [0.1, 0.15) is 20.8 Å². The molecular formula is C13H16N2O. The summed E-state index contributed by atoms with van der Waals surface area (Å²) in [6, 6.07) is 9.12. The molecule has 2 aromatic rings. The van der Waals surface area contributed by atoms with Gasteiger partial charge >= 0.3 is 0 Å². The minimum absolute atomic E-state index is 0.0164. The molecule has 0 spiro atoms. The summed E-state index contributed by atoms with van der Waals surface area (Å²) in [6.07, 6.45) is 0. The number of aromatic hydroxyl groups is 1. The molecule has 1 aromatic carbocycles. The van der Waals surface area contributed by atoms with E-state index in [9.17, 15) is 5.11 Å². The van der Waals surface area contributed by atoms with E-state index in [2.05, 4.69) is 31.1 Å². The van der Waals surface area contributed by atoms with Crippen LogP contribution in [0.15, 0.2) is 30.3 Å². The highest BCUT2D eigenvalue weighted by molar-refractivity contribution is 5.86. The zero-order valence-corrected chi connectivity index (χ0v) is 9.78. The molecule has 0 saturated carbocycles. The van der Waals surface area contributed by atoms with E-state index in [0.29, 0.717) is 0 Å². The van der Waals surface area contributed by atoms with E-state index in [1.54, 1.807) is 12.1 Å². The second kappa shape index (κ2) is 3.67. The van der Waals surface area contributed by atoms with E-state index in [1.165, 1.54) is 0 Å². The minimum Gasteiger partial charge on any atom is -0.507 e. The molecule has 0 aliphatic heterocycles. The van der Waals surface area contributed by atoms with Crippen LogP contribution < -0.4 is 5.32 Å². The van der Waals surface area contributed by atoms with Crippen molar-refractivity contribution >= 4 is 16.7 Å². The molecule has 0 atom stereocenters. The first-order valence-corrected chi connectivity index (χ1v) is 5.33. The van der Waals surface area contributed by atoms with Crippen molar-refractivity contribution in [3.8, 4) is 5.75 Å². The maximum absolute atomic E-state index is 9.63. The van der Waals surface area contributed by atoms with Crippen LogP contribution in [0.5, 0.6) is 5.75 Å². The summed E-state index contributed by atoms with van der Waals surface area (Å²) in [6.45, 7) is 6.25. The lowest BCUT2D eigenvalue weighted by Gasteiger charge is -2.21. The molecule has 0 unspecified atom stereocenters. The van der Waals surface area contributed by atoms with Crippen molar-refractivity contribution in [1.29, 1.82) is 0 Å². The Bertz CT molecular complexity index is 515. The summed E-state index contributed by atoms with van der Waals surface area (Å²) in [5, 5.41) is 13.7. The molecule has 1 aromatic heterocycles. The predicted octanol–water partition coefficient (Wildman–Crippen LogP) is 3.15. The van der Waals surface area contributed by atoms with E-state index < -0.39 is 0 Å². The van der Waals surface area contributed by atoms with Gasteiger partial charge in [0.1, 0.15) is 11.6 Å². The fourth-order valence-corrected chi connectivity index (χ4v) is 1.59. The zero-order valence-electron chi connectivity index (χ0n) is 9.78. The maximum atomic E-state index is 9.63. The van der Waals surface area contributed by atoms with Crippen LogP contribution in [0.4, 0.5) is 5.82 Å². The largest absolute Gasteiger partial charge is 0.507 e. The van der Waals surface area contributed by atoms with Crippen LogP contribution in [0, 0.1) is 0 Å². The van der Waals surface area contributed by atoms with Crippen LogP contribution in [0.3, 0.4) is 0 Å². The van der Waals surface area contributed by atoms with Gasteiger partial charge in [-0.2, -0.15) is 0 Å². The van der Waals surface area contributed by atoms with E-state index >= 15 is 0 Å². The van der Waals surface area contributed by atoms with Crippen LogP contribution in [0.2, 0.25) is 0 Å². The predicted molar refractivity (Wildman–Crippen MR) is 66.8 cm³/mol. The molecule has 2 N–H and O–H groups in total. The topological polar surface area (TPSA) is 45.1 Å². The fourth-order valence-electron chi connectivity index (χ4n) is 1.59. The third kappa shape index (κ3) is 2.24. The number of rotatable bonds is 1. The Morgan fingerprint density at radius 3 is 2.56 bits per heavy atom. The summed E-state index contributed by atoms with van der Waals surface area (Å²) in [4.78, 5) is 4.45. The van der Waals surface area contributed by atoms with Crippen molar-refractivity contribution in [3.05, 3.63) is 30.3 Å². The molecule has 3 nitrogen and oxygen atoms in total. The van der Waals surface area contributed by atoms with E-state index in [0.717, 1.165) is 16.7 Å². The number of phenols is 1. The second-order valence-electron chi connectivity index (χ2n) is 4.92. The molecular weight excluding hydrogens is 200 g/mol. The summed E-state index contributed by atoms with van der Waals surface area (Å²) >= 11 is 0. The van der Waals surface area contributed by atoms with Crippen molar-refractivity contribution < 1.29 is 5.11 Å². The zero-order chi connectivity index (χ0) is 11.8. The van der Waals surface area contributed by atoms with Gasteiger partial charge in [-0.1, -0.05) is 6.07 Å². The Kier molecular flexibility index (Phi) is 2.46. The molecule has 0 aliphatic rings. The normalized spacial score (nSPS) is 11.7. The Labute approximate surface area is 95.1 Å². The smallest absolute Gasteiger partial charge is 0.127 e. The molecule has 0 radical (unpaired) electrons. The van der Waals surface area contributed by atoms with Crippen molar-refractivity contribution in [3.63, 3.8) is 0 Å². The van der Waals surface area contributed by atoms with Gasteiger partial charge in [-0.25, -0.2) is 4.98 Å². The number of anilines is 1. The maximum Gasteiger partial charge on any atom is 0.127 e. The Morgan fingerprint density at radius 1 is 1.12 bits per heavy atom. The van der Waals surface area contributed by atoms with E-state index in [-0.39, 0.29) is 11.3 Å². The number of hydrogen-bond acceptors (Lipinski definition) is 3. The first kappa shape index (κ1) is 10.7. The Hall–Kier alpha value is -1.77. The molecule has 1 heterocycles. The number of nitrogens with one attached hydrogen (secondary N) is 1. The first-order valence-electron chi connectivity index (χ1n) is 5.33. The number of nitrogens with zero attached hydrogens (tertiary/aromatic N) is 1. The van der Waals surface area contributed by atoms with Gasteiger partial charge in [0.05, 0.1) is 5.52 Å². The van der Waals surface area contributed by atoms with Gasteiger partial charge in [0.25, 0.3) is 0 Å². The average molecular weight is 216 g/mol. The van der Waals surface area contributed by atoms with Crippen LogP contribution >= 0.6 is 0 Å². The molecule has 0 saturated heterocycles. The average Bonchev–Trinajstić information content (AvgIpc) is 2.15. The van der Waals surface area contributed by atoms with Crippen molar-refractivity contribution in [2.75, 3.05) is 5.32 Å². The molecule has 16 heavy (non-hydrogen) atoms. The lowest BCUT2D eigenvalue weighted by molar-refractivity contribution is 0.481. The minimum atomic E-state index is -0.0164. The summed E-state index contributed by atoms with van der Waals surface area (Å²) in [5.41, 5.74) is 0.784. The lowest BCUT2D eigenvalue weighted by Crippen LogP contribution is -2.26. The van der Waals surface area contributed by atoms with Crippen LogP contribution in [-0.2, 0) is 0 Å². The number of benzene rings is 1. The third-order valence-corrected chi connectivity index (χ3v) is 2.21. The highest BCUT2D eigenvalue weighted by Gasteiger charge is 2.10. The highest BCUT2D eigenvalue weighted by Crippen LogP contribution is 2.24. The van der Waals surface area contributed by atoms with Crippen molar-refractivity contribution in [1.82, 2.24) is 4.98 Å². The summed E-state index contributed by atoms with van der Waals surface area (Å²) in [7, 11) is 0. The third-order valence-electron chi connectivity index (χ3n) is 2.21. The number of fused-ring (bicyclic) bond motifs is 1. The number of pyridine rings is 1.